The van der Waals surface area contributed by atoms with Gasteiger partial charge in [0.05, 0.1) is 12.4 Å². The molecule has 0 aliphatic rings. The molecular formula is C12H14F5O4-. The van der Waals surface area contributed by atoms with Gasteiger partial charge in [-0.25, -0.2) is 4.79 Å². The van der Waals surface area contributed by atoms with Gasteiger partial charge in [-0.05, 0) is 11.5 Å². The van der Waals surface area contributed by atoms with Crippen LogP contribution in [-0.4, -0.2) is 30.1 Å². The molecule has 0 aromatic carbocycles. The van der Waals surface area contributed by atoms with E-state index in [2.05, 4.69) is 4.74 Å². The van der Waals surface area contributed by atoms with Crippen LogP contribution < -0.4 is 5.11 Å². The summed E-state index contributed by atoms with van der Waals surface area (Å²) in [4.78, 5) is 21.3. The normalized spacial score (nSPS) is 15.0. The third kappa shape index (κ3) is 6.54. The summed E-state index contributed by atoms with van der Waals surface area (Å²) in [6.45, 7) is 3.92. The molecule has 0 aromatic heterocycles. The van der Waals surface area contributed by atoms with E-state index in [0.29, 0.717) is 6.08 Å². The Hall–Kier alpha value is -1.67. The highest BCUT2D eigenvalue weighted by Crippen LogP contribution is 2.42. The Bertz CT molecular complexity index is 420. The van der Waals surface area contributed by atoms with Gasteiger partial charge in [0.1, 0.15) is 6.10 Å². The average Bonchev–Trinajstić information content (AvgIpc) is 2.22. The Morgan fingerprint density at radius 1 is 1.10 bits per heavy atom. The van der Waals surface area contributed by atoms with Crippen molar-refractivity contribution in [3.63, 3.8) is 0 Å². The van der Waals surface area contributed by atoms with Crippen LogP contribution in [0.2, 0.25) is 0 Å². The van der Waals surface area contributed by atoms with Crippen molar-refractivity contribution in [2.24, 2.45) is 5.41 Å². The summed E-state index contributed by atoms with van der Waals surface area (Å²) in [6.07, 6.45) is -8.65. The van der Waals surface area contributed by atoms with Crippen LogP contribution in [0.5, 0.6) is 0 Å². The molecule has 0 spiro atoms. The molecule has 0 aliphatic heterocycles. The van der Waals surface area contributed by atoms with E-state index in [9.17, 15) is 36.6 Å². The lowest BCUT2D eigenvalue weighted by Gasteiger charge is -2.33. The summed E-state index contributed by atoms with van der Waals surface area (Å²) >= 11 is 0. The number of carbonyl (C=O) groups excluding carboxylic acids is 2. The molecule has 0 amide bonds. The van der Waals surface area contributed by atoms with Crippen molar-refractivity contribution in [1.29, 1.82) is 0 Å². The number of carbonyl (C=O) groups is 2. The molecule has 9 heteroatoms. The maximum absolute atomic E-state index is 13.0. The van der Waals surface area contributed by atoms with Crippen molar-refractivity contribution < 1.29 is 41.4 Å². The van der Waals surface area contributed by atoms with Crippen molar-refractivity contribution in [3.05, 3.63) is 12.2 Å². The predicted octanol–water partition coefficient (Wildman–Crippen LogP) is 1.84. The number of halogens is 5. The molecule has 0 N–H and O–H groups in total. The number of alkyl halides is 5. The van der Waals surface area contributed by atoms with Crippen LogP contribution in [0.4, 0.5) is 22.0 Å². The van der Waals surface area contributed by atoms with Gasteiger partial charge in [-0.2, -0.15) is 22.0 Å². The van der Waals surface area contributed by atoms with Gasteiger partial charge in [0.25, 0.3) is 0 Å². The SMILES string of the molecule is CC(C)(C)C(CC(F)(F)C(F)(F)F)OC(=O)C=CC(=O)[O-]. The number of ether oxygens (including phenoxy) is 1. The van der Waals surface area contributed by atoms with E-state index in [1.165, 1.54) is 20.8 Å². The Kier molecular flexibility index (Phi) is 5.89. The zero-order valence-electron chi connectivity index (χ0n) is 11.5. The minimum atomic E-state index is -5.77. The molecule has 0 heterocycles. The second-order valence-corrected chi connectivity index (χ2v) is 5.35. The summed E-state index contributed by atoms with van der Waals surface area (Å²) in [5.74, 6) is -8.12. The molecule has 122 valence electrons. The van der Waals surface area contributed by atoms with Crippen molar-refractivity contribution in [1.82, 2.24) is 0 Å². The second kappa shape index (κ2) is 6.40. The number of aliphatic carboxylic acids is 1. The fourth-order valence-electron chi connectivity index (χ4n) is 1.19. The Balaban J connectivity index is 5.10. The molecular weight excluding hydrogens is 303 g/mol. The monoisotopic (exact) mass is 317 g/mol. The van der Waals surface area contributed by atoms with E-state index in [1.807, 2.05) is 0 Å². The number of carboxylic acids is 1. The van der Waals surface area contributed by atoms with Crippen LogP contribution in [0.3, 0.4) is 0 Å². The number of esters is 1. The average molecular weight is 317 g/mol. The topological polar surface area (TPSA) is 66.4 Å². The van der Waals surface area contributed by atoms with Crippen molar-refractivity contribution >= 4 is 11.9 Å². The van der Waals surface area contributed by atoms with Crippen molar-refractivity contribution in [2.45, 2.75) is 45.4 Å². The molecule has 0 aliphatic carbocycles. The maximum Gasteiger partial charge on any atom is 0.453 e. The standard InChI is InChI=1S/C12H15F5O4/c1-10(2,3)7(6-11(13,14)12(15,16)17)21-9(20)5-4-8(18)19/h4-5,7H,6H2,1-3H3,(H,18,19)/p-1. The van der Waals surface area contributed by atoms with E-state index in [0.717, 1.165) is 0 Å². The van der Waals surface area contributed by atoms with Crippen LogP contribution in [0.15, 0.2) is 12.2 Å². The van der Waals surface area contributed by atoms with Crippen LogP contribution in [-0.2, 0) is 14.3 Å². The number of carboxylic acid groups (broad SMARTS) is 1. The van der Waals surface area contributed by atoms with Gasteiger partial charge in [0.2, 0.25) is 0 Å². The zero-order valence-corrected chi connectivity index (χ0v) is 11.5. The molecule has 1 unspecified atom stereocenters. The lowest BCUT2D eigenvalue weighted by molar-refractivity contribution is -0.297. The molecule has 1 atom stereocenters. The summed E-state index contributed by atoms with van der Waals surface area (Å²) in [7, 11) is 0. The fourth-order valence-corrected chi connectivity index (χ4v) is 1.19. The van der Waals surface area contributed by atoms with Crippen LogP contribution in [0, 0.1) is 5.41 Å². The van der Waals surface area contributed by atoms with Crippen molar-refractivity contribution in [2.75, 3.05) is 0 Å². The summed E-state index contributed by atoms with van der Waals surface area (Å²) < 4.78 is 67.1. The summed E-state index contributed by atoms with van der Waals surface area (Å²) in [5.41, 5.74) is -1.21. The third-order valence-electron chi connectivity index (χ3n) is 2.44. The van der Waals surface area contributed by atoms with Gasteiger partial charge < -0.3 is 14.6 Å². The van der Waals surface area contributed by atoms with Gasteiger partial charge in [-0.15, -0.1) is 0 Å². The minimum Gasteiger partial charge on any atom is -0.545 e. The highest BCUT2D eigenvalue weighted by atomic mass is 19.4. The Morgan fingerprint density at radius 2 is 1.57 bits per heavy atom. The van der Waals surface area contributed by atoms with Crippen LogP contribution in [0.25, 0.3) is 0 Å². The summed E-state index contributed by atoms with van der Waals surface area (Å²) in [5, 5.41) is 10.1. The van der Waals surface area contributed by atoms with Gasteiger partial charge >= 0.3 is 18.1 Å². The van der Waals surface area contributed by atoms with Crippen LogP contribution >= 0.6 is 0 Å². The molecule has 0 fully saturated rings. The van der Waals surface area contributed by atoms with Gasteiger partial charge in [0, 0.05) is 6.08 Å². The second-order valence-electron chi connectivity index (χ2n) is 5.35. The first-order valence-corrected chi connectivity index (χ1v) is 5.71. The van der Waals surface area contributed by atoms with Gasteiger partial charge in [-0.1, -0.05) is 20.8 Å². The zero-order chi connectivity index (χ0) is 17.1. The molecule has 0 radical (unpaired) electrons. The smallest absolute Gasteiger partial charge is 0.453 e. The lowest BCUT2D eigenvalue weighted by Crippen LogP contribution is -2.44. The first kappa shape index (κ1) is 19.3. The first-order valence-electron chi connectivity index (χ1n) is 5.71. The number of hydrogen-bond acceptors (Lipinski definition) is 4. The van der Waals surface area contributed by atoms with E-state index in [4.69, 9.17) is 0 Å². The molecule has 4 nitrogen and oxygen atoms in total. The molecule has 0 aromatic rings. The van der Waals surface area contributed by atoms with E-state index in [1.54, 1.807) is 0 Å². The predicted molar refractivity (Wildman–Crippen MR) is 59.1 cm³/mol. The Labute approximate surface area is 117 Å². The fraction of sp³-hybridized carbons (Fsp3) is 0.667. The Morgan fingerprint density at radius 3 is 1.90 bits per heavy atom. The largest absolute Gasteiger partial charge is 0.545 e. The first-order chi connectivity index (χ1) is 9.17. The number of rotatable bonds is 5. The molecule has 0 bridgehead atoms. The molecule has 21 heavy (non-hydrogen) atoms. The minimum absolute atomic E-state index is 0.282. The molecule has 0 saturated heterocycles. The van der Waals surface area contributed by atoms with E-state index >= 15 is 0 Å². The summed E-state index contributed by atoms with van der Waals surface area (Å²) in [6, 6.07) is 0. The van der Waals surface area contributed by atoms with E-state index in [-0.39, 0.29) is 6.08 Å². The quantitative estimate of drug-likeness (QED) is 0.441. The maximum atomic E-state index is 13.0. The lowest BCUT2D eigenvalue weighted by atomic mass is 9.85. The van der Waals surface area contributed by atoms with E-state index < -0.39 is 42.0 Å². The highest BCUT2D eigenvalue weighted by molar-refractivity contribution is 5.90. The number of hydrogen-bond donors (Lipinski definition) is 0. The van der Waals surface area contributed by atoms with Crippen molar-refractivity contribution in [3.8, 4) is 0 Å². The molecule has 0 saturated carbocycles. The van der Waals surface area contributed by atoms with Gasteiger partial charge in [-0.3, -0.25) is 0 Å². The molecule has 0 rings (SSSR count). The van der Waals surface area contributed by atoms with Gasteiger partial charge in [0.15, 0.2) is 0 Å². The third-order valence-corrected chi connectivity index (χ3v) is 2.44. The highest BCUT2D eigenvalue weighted by Gasteiger charge is 2.59. The van der Waals surface area contributed by atoms with Crippen LogP contribution in [0.1, 0.15) is 27.2 Å².